The van der Waals surface area contributed by atoms with Crippen LogP contribution in [-0.4, -0.2) is 12.6 Å². The van der Waals surface area contributed by atoms with Crippen molar-refractivity contribution in [3.05, 3.63) is 12.2 Å². The van der Waals surface area contributed by atoms with Gasteiger partial charge in [-0.1, -0.05) is 20.4 Å². The van der Waals surface area contributed by atoms with Crippen molar-refractivity contribution in [2.24, 2.45) is 5.92 Å². The third-order valence-electron chi connectivity index (χ3n) is 1.05. The summed E-state index contributed by atoms with van der Waals surface area (Å²) in [7, 11) is 0. The normalized spacial score (nSPS) is 9.82. The summed E-state index contributed by atoms with van der Waals surface area (Å²) in [5, 5.41) is 0. The number of carbonyl (C=O) groups excluding carboxylic acids is 1. The fourth-order valence-electron chi connectivity index (χ4n) is 0.596. The Hall–Kier alpha value is -0.790. The fraction of sp³-hybridized carbons (Fsp3) is 0.667. The van der Waals surface area contributed by atoms with Crippen LogP contribution in [0.3, 0.4) is 0 Å². The molecule has 0 aromatic carbocycles. The van der Waals surface area contributed by atoms with Gasteiger partial charge in [0.2, 0.25) is 0 Å². The summed E-state index contributed by atoms with van der Waals surface area (Å²) in [4.78, 5) is 10.9. The largest absolute Gasteiger partial charge is 0.461 e. The first-order chi connectivity index (χ1) is 5.02. The van der Waals surface area contributed by atoms with Gasteiger partial charge < -0.3 is 4.74 Å². The molecule has 0 aliphatic carbocycles. The topological polar surface area (TPSA) is 26.3 Å². The summed E-state index contributed by atoms with van der Waals surface area (Å²) in [6, 6.07) is 0. The molecule has 2 nitrogen and oxygen atoms in total. The van der Waals surface area contributed by atoms with Crippen LogP contribution in [-0.2, 0) is 9.53 Å². The Morgan fingerprint density at radius 1 is 1.55 bits per heavy atom. The van der Waals surface area contributed by atoms with E-state index in [2.05, 4.69) is 6.58 Å². The van der Waals surface area contributed by atoms with E-state index in [0.717, 1.165) is 5.57 Å². The summed E-state index contributed by atoms with van der Waals surface area (Å²) in [5.74, 6) is 0.232. The van der Waals surface area contributed by atoms with Crippen LogP contribution in [0.25, 0.3) is 0 Å². The van der Waals surface area contributed by atoms with Crippen LogP contribution in [0.1, 0.15) is 27.2 Å². The lowest BCUT2D eigenvalue weighted by Gasteiger charge is -2.05. The number of carbonyl (C=O) groups is 1. The number of hydrogen-bond donors (Lipinski definition) is 0. The van der Waals surface area contributed by atoms with Gasteiger partial charge in [0.25, 0.3) is 0 Å². The highest BCUT2D eigenvalue weighted by Gasteiger charge is 2.04. The van der Waals surface area contributed by atoms with Crippen molar-refractivity contribution < 1.29 is 9.53 Å². The van der Waals surface area contributed by atoms with Crippen molar-refractivity contribution in [2.75, 3.05) is 6.61 Å². The number of ether oxygens (including phenoxy) is 1. The van der Waals surface area contributed by atoms with Gasteiger partial charge in [-0.05, 0) is 18.4 Å². The van der Waals surface area contributed by atoms with E-state index in [9.17, 15) is 4.79 Å². The molecule has 0 aliphatic rings. The molecule has 0 amide bonds. The Morgan fingerprint density at radius 2 is 2.09 bits per heavy atom. The molecule has 0 atom stereocenters. The summed E-state index contributed by atoms with van der Waals surface area (Å²) in [6.07, 6.45) is 0.493. The maximum absolute atomic E-state index is 10.9. The maximum atomic E-state index is 10.9. The van der Waals surface area contributed by atoms with E-state index >= 15 is 0 Å². The summed E-state index contributed by atoms with van der Waals surface area (Å²) in [6.45, 7) is 9.79. The highest BCUT2D eigenvalue weighted by Crippen LogP contribution is 2.01. The first-order valence-electron chi connectivity index (χ1n) is 3.82. The van der Waals surface area contributed by atoms with Crippen molar-refractivity contribution in [1.29, 1.82) is 0 Å². The lowest BCUT2D eigenvalue weighted by atomic mass is 10.1. The van der Waals surface area contributed by atoms with E-state index in [1.165, 1.54) is 0 Å². The zero-order valence-corrected chi connectivity index (χ0v) is 7.52. The molecule has 0 aliphatic heterocycles. The lowest BCUT2D eigenvalue weighted by molar-refractivity contribution is -0.143. The summed E-state index contributed by atoms with van der Waals surface area (Å²) >= 11 is 0. The van der Waals surface area contributed by atoms with Crippen LogP contribution < -0.4 is 0 Å². The molecular formula is C9H16O2. The van der Waals surface area contributed by atoms with Crippen LogP contribution in [0, 0.1) is 5.92 Å². The van der Waals surface area contributed by atoms with Crippen LogP contribution in [0.2, 0.25) is 0 Å². The Balaban J connectivity index is 3.45. The van der Waals surface area contributed by atoms with Crippen LogP contribution in [0.5, 0.6) is 0 Å². The highest BCUT2D eigenvalue weighted by atomic mass is 16.5. The predicted molar refractivity (Wildman–Crippen MR) is 45.2 cm³/mol. The van der Waals surface area contributed by atoms with Crippen molar-refractivity contribution in [3.63, 3.8) is 0 Å². The van der Waals surface area contributed by atoms with E-state index in [4.69, 9.17) is 4.74 Å². The van der Waals surface area contributed by atoms with Gasteiger partial charge in [0.05, 0.1) is 0 Å². The minimum Gasteiger partial charge on any atom is -0.461 e. The Kier molecular flexibility index (Phi) is 4.59. The molecule has 0 rings (SSSR count). The van der Waals surface area contributed by atoms with Crippen LogP contribution >= 0.6 is 0 Å². The number of hydrogen-bond acceptors (Lipinski definition) is 2. The van der Waals surface area contributed by atoms with Gasteiger partial charge in [-0.15, -0.1) is 0 Å². The number of esters is 1. The van der Waals surface area contributed by atoms with Gasteiger partial charge in [-0.3, -0.25) is 4.79 Å². The molecule has 0 saturated carbocycles. The van der Waals surface area contributed by atoms with E-state index < -0.39 is 0 Å². The second-order valence-electron chi connectivity index (χ2n) is 3.22. The van der Waals surface area contributed by atoms with Gasteiger partial charge in [0, 0.05) is 6.42 Å². The Morgan fingerprint density at radius 3 is 2.45 bits per heavy atom. The molecule has 0 spiro atoms. The second kappa shape index (κ2) is 4.94. The minimum absolute atomic E-state index is 0.136. The number of rotatable bonds is 4. The molecule has 0 radical (unpaired) electrons. The SMILES string of the molecule is C=C(C)COC(=O)CC(C)C. The second-order valence-corrected chi connectivity index (χ2v) is 3.22. The fourth-order valence-corrected chi connectivity index (χ4v) is 0.596. The monoisotopic (exact) mass is 156 g/mol. The zero-order chi connectivity index (χ0) is 8.85. The predicted octanol–water partition coefficient (Wildman–Crippen LogP) is 2.15. The standard InChI is InChI=1S/C9H16O2/c1-7(2)5-9(10)11-6-8(3)4/h7H,3,5-6H2,1-2,4H3. The first kappa shape index (κ1) is 10.2. The van der Waals surface area contributed by atoms with Gasteiger partial charge in [0.1, 0.15) is 6.61 Å². The smallest absolute Gasteiger partial charge is 0.306 e. The highest BCUT2D eigenvalue weighted by molar-refractivity contribution is 5.69. The minimum atomic E-state index is -0.136. The molecule has 0 saturated heterocycles. The molecule has 0 bridgehead atoms. The molecule has 0 aromatic rings. The van der Waals surface area contributed by atoms with E-state index in [-0.39, 0.29) is 5.97 Å². The van der Waals surface area contributed by atoms with Crippen molar-refractivity contribution >= 4 is 5.97 Å². The lowest BCUT2D eigenvalue weighted by Crippen LogP contribution is -2.08. The average Bonchev–Trinajstić information content (AvgIpc) is 1.82. The third-order valence-corrected chi connectivity index (χ3v) is 1.05. The first-order valence-corrected chi connectivity index (χ1v) is 3.82. The van der Waals surface area contributed by atoms with Crippen molar-refractivity contribution in [2.45, 2.75) is 27.2 Å². The van der Waals surface area contributed by atoms with Gasteiger partial charge in [-0.2, -0.15) is 0 Å². The average molecular weight is 156 g/mol. The molecule has 11 heavy (non-hydrogen) atoms. The summed E-state index contributed by atoms with van der Waals surface area (Å²) < 4.78 is 4.88. The van der Waals surface area contributed by atoms with E-state index in [1.807, 2.05) is 20.8 Å². The Bertz CT molecular complexity index is 148. The molecule has 64 valence electrons. The molecular weight excluding hydrogens is 140 g/mol. The van der Waals surface area contributed by atoms with E-state index in [1.54, 1.807) is 0 Å². The van der Waals surface area contributed by atoms with Crippen LogP contribution in [0.4, 0.5) is 0 Å². The molecule has 0 heterocycles. The Labute approximate surface area is 68.2 Å². The molecule has 0 N–H and O–H groups in total. The maximum Gasteiger partial charge on any atom is 0.306 e. The van der Waals surface area contributed by atoms with Gasteiger partial charge in [0.15, 0.2) is 0 Å². The van der Waals surface area contributed by atoms with Gasteiger partial charge >= 0.3 is 5.97 Å². The molecule has 0 fully saturated rings. The quantitative estimate of drug-likeness (QED) is 0.460. The molecule has 0 unspecified atom stereocenters. The summed E-state index contributed by atoms with van der Waals surface area (Å²) in [5.41, 5.74) is 0.877. The van der Waals surface area contributed by atoms with Crippen LogP contribution in [0.15, 0.2) is 12.2 Å². The van der Waals surface area contributed by atoms with Gasteiger partial charge in [-0.25, -0.2) is 0 Å². The molecule has 0 aromatic heterocycles. The zero-order valence-electron chi connectivity index (χ0n) is 7.52. The van der Waals surface area contributed by atoms with E-state index in [0.29, 0.717) is 18.9 Å². The van der Waals surface area contributed by atoms with Crippen molar-refractivity contribution in [3.8, 4) is 0 Å². The molecule has 2 heteroatoms. The third kappa shape index (κ3) is 7.10. The van der Waals surface area contributed by atoms with Crippen molar-refractivity contribution in [1.82, 2.24) is 0 Å².